The van der Waals surface area contributed by atoms with Gasteiger partial charge in [-0.25, -0.2) is 0 Å². The normalized spacial score (nSPS) is 13.6. The summed E-state index contributed by atoms with van der Waals surface area (Å²) in [6.45, 7) is 7.45. The van der Waals surface area contributed by atoms with Crippen LogP contribution in [0.2, 0.25) is 0 Å². The van der Waals surface area contributed by atoms with Gasteiger partial charge >= 0.3 is 0 Å². The molecular formula is C24H30N2O3. The Bertz CT molecular complexity index is 882. The summed E-state index contributed by atoms with van der Waals surface area (Å²) in [6.07, 6.45) is 2.15. The average molecular weight is 395 g/mol. The second kappa shape index (κ2) is 8.68. The molecule has 0 radical (unpaired) electrons. The molecule has 1 heterocycles. The van der Waals surface area contributed by atoms with Gasteiger partial charge in [0.25, 0.3) is 5.91 Å². The number of hydrogen-bond acceptors (Lipinski definition) is 3. The lowest BCUT2D eigenvalue weighted by molar-refractivity contribution is -0.118. The van der Waals surface area contributed by atoms with Gasteiger partial charge in [0.1, 0.15) is 5.75 Å². The summed E-state index contributed by atoms with van der Waals surface area (Å²) in [7, 11) is 1.65. The number of nitrogens with zero attached hydrogens (tertiary/aromatic N) is 1. The zero-order chi connectivity index (χ0) is 21.0. The number of nitrogens with one attached hydrogen (secondary N) is 1. The summed E-state index contributed by atoms with van der Waals surface area (Å²) in [5.41, 5.74) is 3.93. The highest BCUT2D eigenvalue weighted by Crippen LogP contribution is 2.30. The number of hydrogen-bond donors (Lipinski definition) is 1. The molecule has 3 rings (SSSR count). The molecule has 0 atom stereocenters. The van der Waals surface area contributed by atoms with Gasteiger partial charge in [0.2, 0.25) is 5.91 Å². The largest absolute Gasteiger partial charge is 0.497 e. The van der Waals surface area contributed by atoms with Crippen LogP contribution in [0.5, 0.6) is 5.75 Å². The second-order valence-corrected chi connectivity index (χ2v) is 8.48. The molecule has 0 aromatic heterocycles. The van der Waals surface area contributed by atoms with E-state index in [1.54, 1.807) is 7.11 Å². The monoisotopic (exact) mass is 394 g/mol. The zero-order valence-electron chi connectivity index (χ0n) is 17.7. The van der Waals surface area contributed by atoms with Crippen LogP contribution in [-0.2, 0) is 16.6 Å². The van der Waals surface area contributed by atoms with Crippen LogP contribution < -0.4 is 15.0 Å². The third-order valence-corrected chi connectivity index (χ3v) is 5.34. The Hall–Kier alpha value is -2.82. The maximum atomic E-state index is 12.7. The number of carbonyl (C=O) groups excluding carboxylic acids is 2. The Balaban J connectivity index is 1.56. The molecule has 154 valence electrons. The molecule has 0 saturated heterocycles. The predicted molar refractivity (Wildman–Crippen MR) is 116 cm³/mol. The van der Waals surface area contributed by atoms with Gasteiger partial charge in [-0.3, -0.25) is 9.59 Å². The minimum absolute atomic E-state index is 0.0273. The van der Waals surface area contributed by atoms with Crippen LogP contribution in [0.4, 0.5) is 5.69 Å². The van der Waals surface area contributed by atoms with Crippen molar-refractivity contribution in [1.29, 1.82) is 0 Å². The topological polar surface area (TPSA) is 58.6 Å². The van der Waals surface area contributed by atoms with Crippen LogP contribution >= 0.6 is 0 Å². The van der Waals surface area contributed by atoms with Gasteiger partial charge in [-0.2, -0.15) is 0 Å². The Morgan fingerprint density at radius 1 is 1.10 bits per heavy atom. The van der Waals surface area contributed by atoms with Crippen LogP contribution in [0.1, 0.15) is 55.1 Å². The van der Waals surface area contributed by atoms with Crippen molar-refractivity contribution in [2.75, 3.05) is 25.1 Å². The zero-order valence-corrected chi connectivity index (χ0v) is 17.7. The van der Waals surface area contributed by atoms with Crippen LogP contribution in [0.3, 0.4) is 0 Å². The molecule has 0 aliphatic carbocycles. The van der Waals surface area contributed by atoms with Crippen molar-refractivity contribution < 1.29 is 14.3 Å². The van der Waals surface area contributed by atoms with Crippen LogP contribution in [0.25, 0.3) is 0 Å². The van der Waals surface area contributed by atoms with E-state index >= 15 is 0 Å². The fourth-order valence-electron chi connectivity index (χ4n) is 3.60. The maximum absolute atomic E-state index is 12.7. The number of amides is 2. The summed E-state index contributed by atoms with van der Waals surface area (Å²) in [6, 6.07) is 13.5. The first-order valence-corrected chi connectivity index (χ1v) is 10.2. The quantitative estimate of drug-likeness (QED) is 0.831. The Kier molecular flexibility index (Phi) is 6.26. The number of carbonyl (C=O) groups is 2. The van der Waals surface area contributed by atoms with Crippen LogP contribution in [0, 0.1) is 0 Å². The van der Waals surface area contributed by atoms with Gasteiger partial charge in [0.15, 0.2) is 0 Å². The highest BCUT2D eigenvalue weighted by atomic mass is 16.5. The number of anilines is 1. The molecule has 5 heteroatoms. The van der Waals surface area contributed by atoms with E-state index in [1.165, 1.54) is 5.56 Å². The summed E-state index contributed by atoms with van der Waals surface area (Å²) in [4.78, 5) is 26.9. The molecular weight excluding hydrogens is 364 g/mol. The van der Waals surface area contributed by atoms with Crippen molar-refractivity contribution in [1.82, 2.24) is 5.32 Å². The van der Waals surface area contributed by atoms with E-state index in [4.69, 9.17) is 4.74 Å². The minimum Gasteiger partial charge on any atom is -0.497 e. The molecule has 0 spiro atoms. The molecule has 1 aliphatic rings. The first kappa shape index (κ1) is 20.9. The van der Waals surface area contributed by atoms with Gasteiger partial charge in [0.05, 0.1) is 7.11 Å². The number of ether oxygens (including phenoxy) is 1. The second-order valence-electron chi connectivity index (χ2n) is 8.48. The van der Waals surface area contributed by atoms with E-state index in [-0.39, 0.29) is 23.7 Å². The van der Waals surface area contributed by atoms with E-state index in [0.717, 1.165) is 29.8 Å². The van der Waals surface area contributed by atoms with E-state index in [9.17, 15) is 9.59 Å². The molecule has 0 fully saturated rings. The van der Waals surface area contributed by atoms with Gasteiger partial charge in [-0.1, -0.05) is 32.9 Å². The number of fused-ring (bicyclic) bond motifs is 1. The first-order chi connectivity index (χ1) is 13.8. The van der Waals surface area contributed by atoms with Crippen molar-refractivity contribution in [3.8, 4) is 5.75 Å². The lowest BCUT2D eigenvalue weighted by atomic mass is 9.87. The Morgan fingerprint density at radius 2 is 1.83 bits per heavy atom. The number of benzene rings is 2. The van der Waals surface area contributed by atoms with Crippen LogP contribution in [-0.4, -0.2) is 32.0 Å². The lowest BCUT2D eigenvalue weighted by Crippen LogP contribution is -2.37. The fourth-order valence-corrected chi connectivity index (χ4v) is 3.60. The molecule has 29 heavy (non-hydrogen) atoms. The highest BCUT2D eigenvalue weighted by molar-refractivity contribution is 5.96. The van der Waals surface area contributed by atoms with Crippen molar-refractivity contribution in [2.45, 2.75) is 45.4 Å². The van der Waals surface area contributed by atoms with Crippen molar-refractivity contribution in [2.24, 2.45) is 0 Å². The van der Waals surface area contributed by atoms with Crippen molar-refractivity contribution in [3.63, 3.8) is 0 Å². The predicted octanol–water partition coefficient (Wildman–Crippen LogP) is 4.09. The molecule has 1 N–H and O–H groups in total. The van der Waals surface area contributed by atoms with Gasteiger partial charge in [-0.05, 0) is 59.7 Å². The minimum atomic E-state index is -0.151. The highest BCUT2D eigenvalue weighted by Gasteiger charge is 2.23. The van der Waals surface area contributed by atoms with Gasteiger partial charge in [-0.15, -0.1) is 0 Å². The Labute approximate surface area is 173 Å². The molecule has 2 amide bonds. The van der Waals surface area contributed by atoms with E-state index < -0.39 is 0 Å². The van der Waals surface area contributed by atoms with Gasteiger partial charge < -0.3 is 15.0 Å². The summed E-state index contributed by atoms with van der Waals surface area (Å²) >= 11 is 0. The SMILES string of the molecule is COc1ccc2c(c1)CCCN2C(=O)CCNC(=O)c1ccc(C(C)(C)C)cc1. The van der Waals surface area contributed by atoms with Crippen molar-refractivity contribution >= 4 is 17.5 Å². The van der Waals surface area contributed by atoms with Crippen molar-refractivity contribution in [3.05, 3.63) is 59.2 Å². The smallest absolute Gasteiger partial charge is 0.251 e. The van der Waals surface area contributed by atoms with E-state index in [1.807, 2.05) is 47.4 Å². The summed E-state index contributed by atoms with van der Waals surface area (Å²) in [5.74, 6) is 0.685. The van der Waals surface area contributed by atoms with E-state index in [0.29, 0.717) is 18.7 Å². The standard InChI is InChI=1S/C24H30N2O3/c1-24(2,3)19-9-7-17(8-10-19)23(28)25-14-13-22(27)26-15-5-6-18-16-20(29-4)11-12-21(18)26/h7-12,16H,5-6,13-15H2,1-4H3,(H,25,28). The first-order valence-electron chi connectivity index (χ1n) is 10.2. The molecule has 0 bridgehead atoms. The molecule has 5 nitrogen and oxygen atoms in total. The molecule has 2 aromatic rings. The number of methoxy groups -OCH3 is 1. The molecule has 1 aliphatic heterocycles. The third-order valence-electron chi connectivity index (χ3n) is 5.34. The average Bonchev–Trinajstić information content (AvgIpc) is 2.72. The van der Waals surface area contributed by atoms with Crippen LogP contribution in [0.15, 0.2) is 42.5 Å². The number of aryl methyl sites for hydroxylation is 1. The summed E-state index contributed by atoms with van der Waals surface area (Å²) < 4.78 is 5.28. The van der Waals surface area contributed by atoms with Gasteiger partial charge in [0, 0.05) is 30.8 Å². The number of rotatable bonds is 5. The maximum Gasteiger partial charge on any atom is 0.251 e. The van der Waals surface area contributed by atoms with E-state index in [2.05, 4.69) is 26.1 Å². The fraction of sp³-hybridized carbons (Fsp3) is 0.417. The molecule has 2 aromatic carbocycles. The third kappa shape index (κ3) is 4.97. The lowest BCUT2D eigenvalue weighted by Gasteiger charge is -2.30. The summed E-state index contributed by atoms with van der Waals surface area (Å²) in [5, 5.41) is 2.86. The molecule has 0 unspecified atom stereocenters. The Morgan fingerprint density at radius 3 is 2.48 bits per heavy atom. The molecule has 0 saturated carbocycles.